The maximum absolute atomic E-state index is 2.68. The van der Waals surface area contributed by atoms with E-state index in [0.717, 1.165) is 17.8 Å². The zero-order valence-electron chi connectivity index (χ0n) is 14.2. The molecule has 2 saturated carbocycles. The van der Waals surface area contributed by atoms with E-state index in [9.17, 15) is 0 Å². The summed E-state index contributed by atoms with van der Waals surface area (Å²) >= 11 is 0. The highest BCUT2D eigenvalue weighted by molar-refractivity contribution is 5.26. The van der Waals surface area contributed by atoms with E-state index in [-0.39, 0.29) is 0 Å². The summed E-state index contributed by atoms with van der Waals surface area (Å²) in [5, 5.41) is 0. The highest BCUT2D eigenvalue weighted by Gasteiger charge is 2.54. The summed E-state index contributed by atoms with van der Waals surface area (Å²) in [4.78, 5) is 0. The van der Waals surface area contributed by atoms with Crippen molar-refractivity contribution in [3.8, 4) is 0 Å². The largest absolute Gasteiger partial charge is 0.0845 e. The van der Waals surface area contributed by atoms with Crippen LogP contribution in [0.15, 0.2) is 11.6 Å². The highest BCUT2D eigenvalue weighted by atomic mass is 14.6. The molecule has 0 bridgehead atoms. The van der Waals surface area contributed by atoms with Crippen molar-refractivity contribution in [1.29, 1.82) is 0 Å². The fourth-order valence-corrected chi connectivity index (χ4v) is 6.46. The van der Waals surface area contributed by atoms with Crippen LogP contribution in [-0.2, 0) is 0 Å². The molecule has 0 saturated heterocycles. The molecule has 3 aliphatic carbocycles. The Labute approximate surface area is 126 Å². The van der Waals surface area contributed by atoms with E-state index in [1.807, 2.05) is 5.57 Å². The van der Waals surface area contributed by atoms with Crippen LogP contribution < -0.4 is 0 Å². The van der Waals surface area contributed by atoms with Crippen LogP contribution in [-0.4, -0.2) is 0 Å². The highest BCUT2D eigenvalue weighted by Crippen LogP contribution is 2.64. The van der Waals surface area contributed by atoms with Gasteiger partial charge in [-0.25, -0.2) is 0 Å². The van der Waals surface area contributed by atoms with Gasteiger partial charge in [0.2, 0.25) is 0 Å². The molecule has 2 fully saturated rings. The maximum Gasteiger partial charge on any atom is -0.00801 e. The summed E-state index contributed by atoms with van der Waals surface area (Å²) in [7, 11) is 0. The minimum atomic E-state index is 0.541. The predicted octanol–water partition coefficient (Wildman–Crippen LogP) is 6.37. The van der Waals surface area contributed by atoms with Crippen molar-refractivity contribution in [3.05, 3.63) is 11.6 Å². The van der Waals surface area contributed by atoms with Gasteiger partial charge in [-0.15, -0.1) is 0 Å². The molecular weight excluding hydrogens is 240 g/mol. The standard InChI is InChI=1S/C20H34/c1-5-12-19(3)13-7-14-20(4)17-9-6-8-15(2)16(17)10-11-18(19)20/h9,15-16,18H,5-8,10-14H2,1-4H3/t15?,16?,18?,19-,20+/m1/s1. The SMILES string of the molecule is CCC[C@]1(C)CCC[C@@]2(C)C3=CCCC(C)C3CCC12. The number of fused-ring (bicyclic) bond motifs is 3. The van der Waals surface area contributed by atoms with E-state index >= 15 is 0 Å². The third-order valence-electron chi connectivity index (χ3n) is 7.37. The first-order chi connectivity index (χ1) is 9.51. The first-order valence-corrected chi connectivity index (χ1v) is 9.22. The lowest BCUT2D eigenvalue weighted by atomic mass is 9.45. The minimum absolute atomic E-state index is 0.541. The van der Waals surface area contributed by atoms with Gasteiger partial charge in [0.15, 0.2) is 0 Å². The van der Waals surface area contributed by atoms with E-state index in [1.165, 1.54) is 57.8 Å². The Kier molecular flexibility index (Phi) is 3.80. The fourth-order valence-electron chi connectivity index (χ4n) is 6.46. The number of hydrogen-bond donors (Lipinski definition) is 0. The van der Waals surface area contributed by atoms with E-state index < -0.39 is 0 Å². The van der Waals surface area contributed by atoms with Gasteiger partial charge in [0.25, 0.3) is 0 Å². The van der Waals surface area contributed by atoms with Crippen molar-refractivity contribution in [2.75, 3.05) is 0 Å². The molecule has 0 aromatic rings. The second-order valence-electron chi connectivity index (χ2n) is 8.63. The average Bonchev–Trinajstić information content (AvgIpc) is 2.39. The van der Waals surface area contributed by atoms with Gasteiger partial charge in [-0.1, -0.05) is 52.2 Å². The van der Waals surface area contributed by atoms with Gasteiger partial charge in [-0.05, 0) is 73.5 Å². The Morgan fingerprint density at radius 1 is 1.15 bits per heavy atom. The van der Waals surface area contributed by atoms with E-state index in [1.54, 1.807) is 0 Å². The van der Waals surface area contributed by atoms with Gasteiger partial charge in [-0.3, -0.25) is 0 Å². The summed E-state index contributed by atoms with van der Waals surface area (Å²) in [5.41, 5.74) is 3.06. The van der Waals surface area contributed by atoms with Crippen LogP contribution in [0.5, 0.6) is 0 Å². The van der Waals surface area contributed by atoms with Crippen LogP contribution in [0, 0.1) is 28.6 Å². The van der Waals surface area contributed by atoms with Gasteiger partial charge >= 0.3 is 0 Å². The molecule has 0 aromatic heterocycles. The molecule has 114 valence electrons. The van der Waals surface area contributed by atoms with E-state index in [4.69, 9.17) is 0 Å². The second-order valence-corrected chi connectivity index (χ2v) is 8.63. The molecule has 3 aliphatic rings. The van der Waals surface area contributed by atoms with Crippen LogP contribution >= 0.6 is 0 Å². The molecule has 0 nitrogen and oxygen atoms in total. The first-order valence-electron chi connectivity index (χ1n) is 9.22. The molecular formula is C20H34. The molecule has 3 rings (SSSR count). The molecule has 0 radical (unpaired) electrons. The number of hydrogen-bond acceptors (Lipinski definition) is 0. The van der Waals surface area contributed by atoms with E-state index in [2.05, 4.69) is 33.8 Å². The summed E-state index contributed by atoms with van der Waals surface area (Å²) in [6.45, 7) is 10.1. The Morgan fingerprint density at radius 2 is 1.95 bits per heavy atom. The molecule has 0 aromatic carbocycles. The minimum Gasteiger partial charge on any atom is -0.0845 e. The third kappa shape index (κ3) is 2.09. The smallest absolute Gasteiger partial charge is 0.00801 e. The van der Waals surface area contributed by atoms with Gasteiger partial charge < -0.3 is 0 Å². The molecule has 0 heteroatoms. The van der Waals surface area contributed by atoms with Crippen LogP contribution in [0.2, 0.25) is 0 Å². The fraction of sp³-hybridized carbons (Fsp3) is 0.900. The van der Waals surface area contributed by atoms with Gasteiger partial charge in [0.1, 0.15) is 0 Å². The summed E-state index contributed by atoms with van der Waals surface area (Å²) < 4.78 is 0. The zero-order chi connectivity index (χ0) is 14.4. The van der Waals surface area contributed by atoms with Crippen molar-refractivity contribution < 1.29 is 0 Å². The maximum atomic E-state index is 2.68. The lowest BCUT2D eigenvalue weighted by Gasteiger charge is -2.59. The van der Waals surface area contributed by atoms with Crippen LogP contribution in [0.4, 0.5) is 0 Å². The lowest BCUT2D eigenvalue weighted by Crippen LogP contribution is -2.50. The molecule has 3 unspecified atom stereocenters. The molecule has 5 atom stereocenters. The lowest BCUT2D eigenvalue weighted by molar-refractivity contribution is -0.0332. The van der Waals surface area contributed by atoms with Crippen molar-refractivity contribution in [1.82, 2.24) is 0 Å². The average molecular weight is 274 g/mol. The zero-order valence-corrected chi connectivity index (χ0v) is 14.2. The summed E-state index contributed by atoms with van der Waals surface area (Å²) in [5.74, 6) is 2.82. The Hall–Kier alpha value is -0.260. The molecule has 0 aliphatic heterocycles. The normalized spacial score (nSPS) is 48.2. The second kappa shape index (κ2) is 5.18. The van der Waals surface area contributed by atoms with Crippen LogP contribution in [0.25, 0.3) is 0 Å². The first kappa shape index (κ1) is 14.7. The van der Waals surface area contributed by atoms with Crippen molar-refractivity contribution in [2.24, 2.45) is 28.6 Å². The number of allylic oxidation sites excluding steroid dienone is 2. The number of rotatable bonds is 2. The predicted molar refractivity (Wildman–Crippen MR) is 87.7 cm³/mol. The van der Waals surface area contributed by atoms with Crippen molar-refractivity contribution in [2.45, 2.75) is 85.5 Å². The van der Waals surface area contributed by atoms with Crippen LogP contribution in [0.1, 0.15) is 85.5 Å². The molecule has 0 heterocycles. The Balaban J connectivity index is 1.95. The van der Waals surface area contributed by atoms with Crippen LogP contribution in [0.3, 0.4) is 0 Å². The van der Waals surface area contributed by atoms with Gasteiger partial charge in [0.05, 0.1) is 0 Å². The molecule has 0 spiro atoms. The summed E-state index contributed by atoms with van der Waals surface area (Å²) in [6.07, 6.45) is 15.6. The third-order valence-corrected chi connectivity index (χ3v) is 7.37. The monoisotopic (exact) mass is 274 g/mol. The summed E-state index contributed by atoms with van der Waals surface area (Å²) in [6, 6.07) is 0. The molecule has 20 heavy (non-hydrogen) atoms. The molecule has 0 N–H and O–H groups in total. The Bertz CT molecular complexity index is 389. The Morgan fingerprint density at radius 3 is 2.70 bits per heavy atom. The van der Waals surface area contributed by atoms with Gasteiger partial charge in [0, 0.05) is 0 Å². The molecule has 0 amide bonds. The topological polar surface area (TPSA) is 0 Å². The quantitative estimate of drug-likeness (QED) is 0.513. The van der Waals surface area contributed by atoms with Crippen molar-refractivity contribution in [3.63, 3.8) is 0 Å². The van der Waals surface area contributed by atoms with Gasteiger partial charge in [-0.2, -0.15) is 0 Å². The van der Waals surface area contributed by atoms with Crippen molar-refractivity contribution >= 4 is 0 Å². The van der Waals surface area contributed by atoms with E-state index in [0.29, 0.717) is 10.8 Å².